The molecule has 1 heterocycles. The van der Waals surface area contributed by atoms with Crippen LogP contribution in [0.25, 0.3) is 0 Å². The average Bonchev–Trinajstić information content (AvgIpc) is 2.32. The summed E-state index contributed by atoms with van der Waals surface area (Å²) in [5.41, 5.74) is -1.10. The van der Waals surface area contributed by atoms with Crippen LogP contribution in [-0.2, 0) is 9.84 Å². The first-order chi connectivity index (χ1) is 6.34. The highest BCUT2D eigenvalue weighted by Crippen LogP contribution is 2.33. The lowest BCUT2D eigenvalue weighted by molar-refractivity contribution is 0.0125. The topological polar surface area (TPSA) is 66.4 Å². The van der Waals surface area contributed by atoms with Gasteiger partial charge in [0.25, 0.3) is 0 Å². The Balaban J connectivity index is 2.87. The SMILES string of the molecule is CCNC(C)C1(O)CCS(=O)(=O)C1C. The van der Waals surface area contributed by atoms with Gasteiger partial charge in [-0.2, -0.15) is 0 Å². The molecule has 0 aromatic carbocycles. The van der Waals surface area contributed by atoms with Crippen LogP contribution in [0.5, 0.6) is 0 Å². The summed E-state index contributed by atoms with van der Waals surface area (Å²) in [4.78, 5) is 0. The Hall–Kier alpha value is -0.130. The molecule has 0 amide bonds. The van der Waals surface area contributed by atoms with E-state index in [0.717, 1.165) is 6.54 Å². The molecule has 2 N–H and O–H groups in total. The van der Waals surface area contributed by atoms with Gasteiger partial charge in [-0.05, 0) is 26.8 Å². The molecular formula is C9H19NO3S. The fraction of sp³-hybridized carbons (Fsp3) is 1.00. The highest BCUT2D eigenvalue weighted by atomic mass is 32.2. The third-order valence-corrected chi connectivity index (χ3v) is 5.55. The normalized spacial score (nSPS) is 38.4. The van der Waals surface area contributed by atoms with E-state index in [4.69, 9.17) is 0 Å². The van der Waals surface area contributed by atoms with Crippen molar-refractivity contribution in [3.8, 4) is 0 Å². The Morgan fingerprint density at radius 1 is 1.64 bits per heavy atom. The zero-order chi connectivity index (χ0) is 11.0. The van der Waals surface area contributed by atoms with Gasteiger partial charge >= 0.3 is 0 Å². The summed E-state index contributed by atoms with van der Waals surface area (Å²) in [7, 11) is -3.09. The fourth-order valence-corrected chi connectivity index (χ4v) is 3.96. The van der Waals surface area contributed by atoms with Crippen LogP contribution in [0.4, 0.5) is 0 Å². The van der Waals surface area contributed by atoms with Gasteiger partial charge in [0.05, 0.1) is 16.6 Å². The van der Waals surface area contributed by atoms with Crippen molar-refractivity contribution < 1.29 is 13.5 Å². The molecule has 84 valence electrons. The third-order valence-electron chi connectivity index (χ3n) is 3.29. The second kappa shape index (κ2) is 3.79. The fourth-order valence-electron chi connectivity index (χ4n) is 2.05. The largest absolute Gasteiger partial charge is 0.387 e. The highest BCUT2D eigenvalue weighted by Gasteiger charge is 2.51. The number of sulfone groups is 1. The maximum absolute atomic E-state index is 11.5. The van der Waals surface area contributed by atoms with Crippen LogP contribution >= 0.6 is 0 Å². The van der Waals surface area contributed by atoms with Crippen molar-refractivity contribution in [2.24, 2.45) is 0 Å². The zero-order valence-corrected chi connectivity index (χ0v) is 9.76. The zero-order valence-electron chi connectivity index (χ0n) is 8.95. The van der Waals surface area contributed by atoms with Crippen LogP contribution in [0.3, 0.4) is 0 Å². The van der Waals surface area contributed by atoms with Gasteiger partial charge in [-0.3, -0.25) is 0 Å². The number of hydrogen-bond acceptors (Lipinski definition) is 4. The third kappa shape index (κ3) is 1.81. The Morgan fingerprint density at radius 3 is 2.57 bits per heavy atom. The molecule has 1 aliphatic heterocycles. The summed E-state index contributed by atoms with van der Waals surface area (Å²) in [5, 5.41) is 12.7. The predicted molar refractivity (Wildman–Crippen MR) is 56.0 cm³/mol. The summed E-state index contributed by atoms with van der Waals surface area (Å²) < 4.78 is 23.0. The van der Waals surface area contributed by atoms with E-state index in [-0.39, 0.29) is 11.8 Å². The lowest BCUT2D eigenvalue weighted by Gasteiger charge is -2.33. The molecule has 3 unspecified atom stereocenters. The summed E-state index contributed by atoms with van der Waals surface area (Å²) in [6.45, 7) is 6.10. The Kier molecular flexibility index (Phi) is 3.23. The quantitative estimate of drug-likeness (QED) is 0.700. The lowest BCUT2D eigenvalue weighted by atomic mass is 9.89. The molecular weight excluding hydrogens is 202 g/mol. The molecule has 0 saturated carbocycles. The van der Waals surface area contributed by atoms with Gasteiger partial charge in [-0.25, -0.2) is 8.42 Å². The van der Waals surface area contributed by atoms with Gasteiger partial charge in [-0.1, -0.05) is 6.92 Å². The molecule has 3 atom stereocenters. The molecule has 1 rings (SSSR count). The Morgan fingerprint density at radius 2 is 2.21 bits per heavy atom. The number of likely N-dealkylation sites (N-methyl/N-ethyl adjacent to an activating group) is 1. The van der Waals surface area contributed by atoms with Crippen LogP contribution in [0.1, 0.15) is 27.2 Å². The highest BCUT2D eigenvalue weighted by molar-refractivity contribution is 7.92. The van der Waals surface area contributed by atoms with Gasteiger partial charge in [0.2, 0.25) is 0 Å². The van der Waals surface area contributed by atoms with Gasteiger partial charge in [0.1, 0.15) is 0 Å². The molecule has 14 heavy (non-hydrogen) atoms. The number of aliphatic hydroxyl groups is 1. The van der Waals surface area contributed by atoms with E-state index in [2.05, 4.69) is 5.32 Å². The molecule has 0 aromatic heterocycles. The van der Waals surface area contributed by atoms with Gasteiger partial charge in [0, 0.05) is 6.04 Å². The number of nitrogens with one attached hydrogen (secondary N) is 1. The van der Waals surface area contributed by atoms with Crippen LogP contribution in [0.2, 0.25) is 0 Å². The molecule has 1 fully saturated rings. The van der Waals surface area contributed by atoms with Crippen molar-refractivity contribution in [1.29, 1.82) is 0 Å². The van der Waals surface area contributed by atoms with Gasteiger partial charge in [0.15, 0.2) is 9.84 Å². The monoisotopic (exact) mass is 221 g/mol. The molecule has 1 saturated heterocycles. The maximum Gasteiger partial charge on any atom is 0.155 e. The van der Waals surface area contributed by atoms with Crippen LogP contribution in [0, 0.1) is 0 Å². The number of rotatable bonds is 3. The molecule has 4 nitrogen and oxygen atoms in total. The van der Waals surface area contributed by atoms with Crippen molar-refractivity contribution in [1.82, 2.24) is 5.32 Å². The Bertz CT molecular complexity index is 301. The molecule has 0 radical (unpaired) electrons. The van der Waals surface area contributed by atoms with Crippen molar-refractivity contribution in [2.75, 3.05) is 12.3 Å². The predicted octanol–water partition coefficient (Wildman–Crippen LogP) is -0.0775. The van der Waals surface area contributed by atoms with E-state index < -0.39 is 20.7 Å². The summed E-state index contributed by atoms with van der Waals surface area (Å²) in [6, 6.07) is -0.181. The van der Waals surface area contributed by atoms with E-state index >= 15 is 0 Å². The minimum absolute atomic E-state index is 0.0976. The van der Waals surface area contributed by atoms with Crippen molar-refractivity contribution in [3.05, 3.63) is 0 Å². The van der Waals surface area contributed by atoms with E-state index in [0.29, 0.717) is 6.42 Å². The van der Waals surface area contributed by atoms with E-state index in [1.165, 1.54) is 0 Å². The van der Waals surface area contributed by atoms with Crippen molar-refractivity contribution in [2.45, 2.75) is 44.1 Å². The summed E-state index contributed by atoms with van der Waals surface area (Å²) in [6.07, 6.45) is 0.338. The van der Waals surface area contributed by atoms with Gasteiger partial charge in [-0.15, -0.1) is 0 Å². The Labute approximate surface area is 85.6 Å². The second-order valence-electron chi connectivity index (χ2n) is 4.03. The maximum atomic E-state index is 11.5. The minimum atomic E-state index is -3.09. The van der Waals surface area contributed by atoms with Crippen LogP contribution < -0.4 is 5.32 Å². The van der Waals surface area contributed by atoms with Gasteiger partial charge < -0.3 is 10.4 Å². The minimum Gasteiger partial charge on any atom is -0.387 e. The van der Waals surface area contributed by atoms with Crippen molar-refractivity contribution in [3.63, 3.8) is 0 Å². The first-order valence-electron chi connectivity index (χ1n) is 5.02. The average molecular weight is 221 g/mol. The van der Waals surface area contributed by atoms with Crippen molar-refractivity contribution >= 4 is 9.84 Å². The molecule has 5 heteroatoms. The molecule has 0 spiro atoms. The molecule has 0 bridgehead atoms. The first-order valence-corrected chi connectivity index (χ1v) is 6.73. The molecule has 1 aliphatic rings. The van der Waals surface area contributed by atoms with Crippen LogP contribution in [-0.4, -0.2) is 42.7 Å². The van der Waals surface area contributed by atoms with E-state index in [1.54, 1.807) is 6.92 Å². The smallest absolute Gasteiger partial charge is 0.155 e. The summed E-state index contributed by atoms with van der Waals surface area (Å²) >= 11 is 0. The second-order valence-corrected chi connectivity index (χ2v) is 6.47. The molecule has 0 aliphatic carbocycles. The first kappa shape index (κ1) is 11.9. The van der Waals surface area contributed by atoms with E-state index in [1.807, 2.05) is 13.8 Å². The molecule has 0 aromatic rings. The number of hydrogen-bond donors (Lipinski definition) is 2. The standard InChI is InChI=1S/C9H19NO3S/c1-4-10-7(2)9(11)5-6-14(12,13)8(9)3/h7-8,10-11H,4-6H2,1-3H3. The van der Waals surface area contributed by atoms with Crippen LogP contribution in [0.15, 0.2) is 0 Å². The summed E-state index contributed by atoms with van der Waals surface area (Å²) in [5.74, 6) is 0.0976. The lowest BCUT2D eigenvalue weighted by Crippen LogP contribution is -2.53. The van der Waals surface area contributed by atoms with E-state index in [9.17, 15) is 13.5 Å².